The molecule has 21 heavy (non-hydrogen) atoms. The lowest BCUT2D eigenvalue weighted by Gasteiger charge is -2.09. The highest BCUT2D eigenvalue weighted by atomic mass is 32.2. The van der Waals surface area contributed by atoms with E-state index in [4.69, 9.17) is 0 Å². The van der Waals surface area contributed by atoms with Crippen LogP contribution in [-0.2, 0) is 10.0 Å². The lowest BCUT2D eigenvalue weighted by Crippen LogP contribution is -2.25. The minimum absolute atomic E-state index is 0.0283. The molecule has 0 aliphatic rings. The van der Waals surface area contributed by atoms with Crippen LogP contribution in [0.4, 0.5) is 11.4 Å². The summed E-state index contributed by atoms with van der Waals surface area (Å²) in [5.74, 6) is 0. The van der Waals surface area contributed by atoms with Crippen LogP contribution in [-0.4, -0.2) is 26.4 Å². The smallest absolute Gasteiger partial charge is 0.292 e. The molecule has 0 heterocycles. The molecule has 1 aromatic carbocycles. The van der Waals surface area contributed by atoms with E-state index in [9.17, 15) is 18.5 Å². The molecule has 8 heteroatoms. The van der Waals surface area contributed by atoms with Gasteiger partial charge in [0.25, 0.3) is 5.69 Å². The van der Waals surface area contributed by atoms with E-state index < -0.39 is 14.9 Å². The van der Waals surface area contributed by atoms with Gasteiger partial charge in [-0.25, -0.2) is 13.1 Å². The molecule has 0 radical (unpaired) electrons. The Labute approximate surface area is 124 Å². The molecule has 0 atom stereocenters. The van der Waals surface area contributed by atoms with Crippen molar-refractivity contribution >= 4 is 21.4 Å². The predicted octanol–water partition coefficient (Wildman–Crippen LogP) is 2.50. The third kappa shape index (κ3) is 4.98. The van der Waals surface area contributed by atoms with E-state index in [0.29, 0.717) is 13.1 Å². The van der Waals surface area contributed by atoms with E-state index in [0.717, 1.165) is 19.3 Å². The Hall–Kier alpha value is -1.67. The van der Waals surface area contributed by atoms with Gasteiger partial charge in [0, 0.05) is 19.2 Å². The highest BCUT2D eigenvalue weighted by molar-refractivity contribution is 7.89. The Morgan fingerprint density at radius 2 is 1.95 bits per heavy atom. The Morgan fingerprint density at radius 3 is 2.52 bits per heavy atom. The zero-order valence-corrected chi connectivity index (χ0v) is 13.1. The van der Waals surface area contributed by atoms with Gasteiger partial charge >= 0.3 is 0 Å². The average Bonchev–Trinajstić information content (AvgIpc) is 2.43. The second-order valence-corrected chi connectivity index (χ2v) is 6.34. The molecule has 0 saturated heterocycles. The Kier molecular flexibility index (Phi) is 6.57. The fourth-order valence-electron chi connectivity index (χ4n) is 1.84. The molecule has 0 aliphatic carbocycles. The summed E-state index contributed by atoms with van der Waals surface area (Å²) < 4.78 is 26.8. The molecule has 0 unspecified atom stereocenters. The molecule has 0 saturated carbocycles. The van der Waals surface area contributed by atoms with Gasteiger partial charge in [-0.2, -0.15) is 0 Å². The summed E-state index contributed by atoms with van der Waals surface area (Å²) in [5, 5.41) is 13.7. The highest BCUT2D eigenvalue weighted by Gasteiger charge is 2.19. The first-order chi connectivity index (χ1) is 9.92. The second kappa shape index (κ2) is 7.94. The molecule has 0 spiro atoms. The van der Waals surface area contributed by atoms with Crippen molar-refractivity contribution in [3.63, 3.8) is 0 Å². The van der Waals surface area contributed by atoms with Crippen LogP contribution >= 0.6 is 0 Å². The van der Waals surface area contributed by atoms with Crippen LogP contribution in [0.1, 0.15) is 33.1 Å². The molecule has 0 amide bonds. The van der Waals surface area contributed by atoms with Crippen molar-refractivity contribution in [1.29, 1.82) is 0 Å². The number of nitrogens with zero attached hydrogens (tertiary/aromatic N) is 1. The Morgan fingerprint density at radius 1 is 1.24 bits per heavy atom. The zero-order valence-electron chi connectivity index (χ0n) is 12.3. The first-order valence-electron chi connectivity index (χ1n) is 6.94. The molecule has 7 nitrogen and oxygen atoms in total. The van der Waals surface area contributed by atoms with Gasteiger partial charge in [0.1, 0.15) is 5.69 Å². The first kappa shape index (κ1) is 17.4. The second-order valence-electron chi connectivity index (χ2n) is 4.57. The van der Waals surface area contributed by atoms with E-state index >= 15 is 0 Å². The van der Waals surface area contributed by atoms with E-state index in [1.807, 2.05) is 6.92 Å². The Bertz CT molecular complexity index is 587. The summed E-state index contributed by atoms with van der Waals surface area (Å²) in [4.78, 5) is 10.4. The van der Waals surface area contributed by atoms with Crippen LogP contribution in [0.5, 0.6) is 0 Å². The molecule has 1 rings (SSSR count). The zero-order chi connectivity index (χ0) is 15.9. The predicted molar refractivity (Wildman–Crippen MR) is 82.0 cm³/mol. The van der Waals surface area contributed by atoms with Gasteiger partial charge in [0.15, 0.2) is 0 Å². The van der Waals surface area contributed by atoms with E-state index in [2.05, 4.69) is 10.0 Å². The third-order valence-corrected chi connectivity index (χ3v) is 4.37. The number of anilines is 1. The molecule has 2 N–H and O–H groups in total. The third-order valence-electron chi connectivity index (χ3n) is 2.91. The lowest BCUT2D eigenvalue weighted by atomic mass is 10.2. The van der Waals surface area contributed by atoms with Crippen molar-refractivity contribution in [2.24, 2.45) is 0 Å². The quantitative estimate of drug-likeness (QED) is 0.414. The fourth-order valence-corrected chi connectivity index (χ4v) is 2.94. The van der Waals surface area contributed by atoms with Crippen LogP contribution in [0.3, 0.4) is 0 Å². The first-order valence-corrected chi connectivity index (χ1v) is 8.42. The molecular weight excluding hydrogens is 294 g/mol. The molecule has 0 aliphatic heterocycles. The lowest BCUT2D eigenvalue weighted by molar-refractivity contribution is -0.384. The van der Waals surface area contributed by atoms with Gasteiger partial charge in [-0.05, 0) is 25.5 Å². The van der Waals surface area contributed by atoms with Crippen molar-refractivity contribution in [2.45, 2.75) is 38.0 Å². The molecule has 0 fully saturated rings. The summed E-state index contributed by atoms with van der Waals surface area (Å²) in [7, 11) is -3.64. The van der Waals surface area contributed by atoms with Crippen molar-refractivity contribution in [3.8, 4) is 0 Å². The number of nitrogens with one attached hydrogen (secondary N) is 2. The average molecular weight is 315 g/mol. The normalized spacial score (nSPS) is 11.3. The van der Waals surface area contributed by atoms with Gasteiger partial charge in [0.2, 0.25) is 10.0 Å². The van der Waals surface area contributed by atoms with Crippen LogP contribution in [0.25, 0.3) is 0 Å². The van der Waals surface area contributed by atoms with Gasteiger partial charge in [0.05, 0.1) is 9.82 Å². The van der Waals surface area contributed by atoms with Gasteiger partial charge < -0.3 is 5.32 Å². The minimum Gasteiger partial charge on any atom is -0.380 e. The van der Waals surface area contributed by atoms with E-state index in [-0.39, 0.29) is 16.3 Å². The molecular formula is C13H21N3O4S. The summed E-state index contributed by atoms with van der Waals surface area (Å²) in [6.45, 7) is 4.65. The number of nitro benzene ring substituents is 1. The topological polar surface area (TPSA) is 101 Å². The number of nitro groups is 1. The fraction of sp³-hybridized carbons (Fsp3) is 0.538. The van der Waals surface area contributed by atoms with Crippen molar-refractivity contribution in [2.75, 3.05) is 18.4 Å². The number of hydrogen-bond acceptors (Lipinski definition) is 5. The van der Waals surface area contributed by atoms with Crippen molar-refractivity contribution in [3.05, 3.63) is 28.3 Å². The largest absolute Gasteiger partial charge is 0.380 e. The van der Waals surface area contributed by atoms with Crippen LogP contribution in [0.2, 0.25) is 0 Å². The number of unbranched alkanes of at least 4 members (excludes halogenated alkanes) is 2. The molecule has 0 bridgehead atoms. The number of benzene rings is 1. The van der Waals surface area contributed by atoms with Crippen LogP contribution in [0.15, 0.2) is 23.1 Å². The standard InChI is InChI=1S/C13H21N3O4S/c1-3-5-6-9-15-21(19,20)11-7-8-13(16(17)18)12(10-11)14-4-2/h7-8,10,14-15H,3-6,9H2,1-2H3. The summed E-state index contributed by atoms with van der Waals surface area (Å²) in [6.07, 6.45) is 2.72. The van der Waals surface area contributed by atoms with Gasteiger partial charge in [-0.1, -0.05) is 19.8 Å². The SMILES string of the molecule is CCCCCNS(=O)(=O)c1ccc([N+](=O)[O-])c(NCC)c1. The van der Waals surface area contributed by atoms with Crippen molar-refractivity contribution < 1.29 is 13.3 Å². The Balaban J connectivity index is 2.96. The molecule has 1 aromatic rings. The van der Waals surface area contributed by atoms with Crippen LogP contribution < -0.4 is 10.0 Å². The van der Waals surface area contributed by atoms with Gasteiger partial charge in [-0.15, -0.1) is 0 Å². The number of hydrogen-bond donors (Lipinski definition) is 2. The maximum absolute atomic E-state index is 12.1. The maximum Gasteiger partial charge on any atom is 0.292 e. The number of rotatable bonds is 9. The number of sulfonamides is 1. The van der Waals surface area contributed by atoms with Crippen molar-refractivity contribution in [1.82, 2.24) is 4.72 Å². The van der Waals surface area contributed by atoms with Crippen LogP contribution in [0, 0.1) is 10.1 Å². The maximum atomic E-state index is 12.1. The molecule has 0 aromatic heterocycles. The monoisotopic (exact) mass is 315 g/mol. The van der Waals surface area contributed by atoms with Gasteiger partial charge in [-0.3, -0.25) is 10.1 Å². The highest BCUT2D eigenvalue weighted by Crippen LogP contribution is 2.27. The molecule has 118 valence electrons. The van der Waals surface area contributed by atoms with E-state index in [1.165, 1.54) is 18.2 Å². The summed E-state index contributed by atoms with van der Waals surface area (Å²) in [5.41, 5.74) is 0.0701. The summed E-state index contributed by atoms with van der Waals surface area (Å²) in [6, 6.07) is 3.75. The van der Waals surface area contributed by atoms with E-state index in [1.54, 1.807) is 6.92 Å². The minimum atomic E-state index is -3.64. The summed E-state index contributed by atoms with van der Waals surface area (Å²) >= 11 is 0.